The van der Waals surface area contributed by atoms with Gasteiger partial charge in [-0.25, -0.2) is 4.79 Å². The molecule has 0 aliphatic carbocycles. The van der Waals surface area contributed by atoms with Gasteiger partial charge in [0, 0.05) is 13.0 Å². The Kier molecular flexibility index (Phi) is 8.59. The van der Waals surface area contributed by atoms with Crippen LogP contribution in [0, 0.1) is 5.92 Å². The zero-order valence-electron chi connectivity index (χ0n) is 17.9. The molecule has 0 saturated carbocycles. The molecule has 2 aromatic rings. The van der Waals surface area contributed by atoms with Crippen LogP contribution in [0.3, 0.4) is 0 Å². The molecule has 0 bridgehead atoms. The predicted octanol–water partition coefficient (Wildman–Crippen LogP) is 4.38. The number of hydrogen-bond donors (Lipinski definition) is 1. The third-order valence-corrected chi connectivity index (χ3v) is 4.49. The Labute approximate surface area is 177 Å². The maximum absolute atomic E-state index is 12.2. The van der Waals surface area contributed by atoms with Crippen molar-refractivity contribution in [3.05, 3.63) is 54.1 Å². The molecule has 0 heterocycles. The molecule has 0 unspecified atom stereocenters. The van der Waals surface area contributed by atoms with Crippen molar-refractivity contribution in [2.75, 3.05) is 6.61 Å². The second-order valence-corrected chi connectivity index (χ2v) is 7.71. The molecule has 1 N–H and O–H groups in total. The van der Waals surface area contributed by atoms with Crippen LogP contribution in [0.25, 0.3) is 11.1 Å². The molecule has 6 heteroatoms. The van der Waals surface area contributed by atoms with Crippen LogP contribution in [0.2, 0.25) is 0 Å². The number of rotatable bonds is 9. The van der Waals surface area contributed by atoms with E-state index in [0.717, 1.165) is 24.0 Å². The first-order valence-corrected chi connectivity index (χ1v) is 10.1. The average Bonchev–Trinajstić information content (AvgIpc) is 2.71. The highest BCUT2D eigenvalue weighted by molar-refractivity contribution is 5.92. The van der Waals surface area contributed by atoms with E-state index < -0.39 is 5.97 Å². The summed E-state index contributed by atoms with van der Waals surface area (Å²) in [4.78, 5) is 35.1. The van der Waals surface area contributed by atoms with Gasteiger partial charge in [-0.3, -0.25) is 9.59 Å². The lowest BCUT2D eigenvalue weighted by Gasteiger charge is -2.15. The van der Waals surface area contributed by atoms with Crippen molar-refractivity contribution in [3.63, 3.8) is 0 Å². The van der Waals surface area contributed by atoms with E-state index in [1.807, 2.05) is 19.1 Å². The lowest BCUT2D eigenvalue weighted by atomic mass is 10.0. The van der Waals surface area contributed by atoms with E-state index in [0.29, 0.717) is 17.2 Å². The Hall–Kier alpha value is -3.15. The van der Waals surface area contributed by atoms with Crippen LogP contribution >= 0.6 is 0 Å². The SMILES string of the molecule is CC(=O)Oc1ccc(-c2ccc(C(=O)OCC(=O)N[C@@H](C)CCC(C)C)cc2)cc1. The summed E-state index contributed by atoms with van der Waals surface area (Å²) in [6.07, 6.45) is 1.92. The van der Waals surface area contributed by atoms with Gasteiger partial charge < -0.3 is 14.8 Å². The lowest BCUT2D eigenvalue weighted by Crippen LogP contribution is -2.36. The van der Waals surface area contributed by atoms with Crippen LogP contribution < -0.4 is 10.1 Å². The number of carbonyl (C=O) groups is 3. The van der Waals surface area contributed by atoms with Gasteiger partial charge in [-0.15, -0.1) is 0 Å². The molecule has 6 nitrogen and oxygen atoms in total. The molecule has 1 amide bonds. The first kappa shape index (κ1) is 23.1. The molecule has 160 valence electrons. The number of carbonyl (C=O) groups excluding carboxylic acids is 3. The number of ether oxygens (including phenoxy) is 2. The summed E-state index contributed by atoms with van der Waals surface area (Å²) in [5, 5.41) is 2.84. The highest BCUT2D eigenvalue weighted by Crippen LogP contribution is 2.23. The third-order valence-electron chi connectivity index (χ3n) is 4.49. The number of benzene rings is 2. The number of hydrogen-bond acceptors (Lipinski definition) is 5. The van der Waals surface area contributed by atoms with Crippen LogP contribution in [0.15, 0.2) is 48.5 Å². The van der Waals surface area contributed by atoms with Crippen molar-refractivity contribution in [3.8, 4) is 16.9 Å². The van der Waals surface area contributed by atoms with E-state index in [1.54, 1.807) is 36.4 Å². The summed E-state index contributed by atoms with van der Waals surface area (Å²) in [6, 6.07) is 14.0. The van der Waals surface area contributed by atoms with Crippen molar-refractivity contribution in [2.24, 2.45) is 5.92 Å². The summed E-state index contributed by atoms with van der Waals surface area (Å²) in [5.74, 6) is -0.162. The Morgan fingerprint density at radius 3 is 1.97 bits per heavy atom. The van der Waals surface area contributed by atoms with E-state index in [1.165, 1.54) is 6.92 Å². The smallest absolute Gasteiger partial charge is 0.338 e. The molecule has 2 rings (SSSR count). The van der Waals surface area contributed by atoms with Gasteiger partial charge in [0.15, 0.2) is 6.61 Å². The number of nitrogens with one attached hydrogen (secondary N) is 1. The van der Waals surface area contributed by atoms with Crippen LogP contribution in [0.1, 0.15) is 50.9 Å². The molecular weight excluding hydrogens is 382 g/mol. The summed E-state index contributed by atoms with van der Waals surface area (Å²) < 4.78 is 10.1. The minimum atomic E-state index is -0.545. The molecule has 30 heavy (non-hydrogen) atoms. The highest BCUT2D eigenvalue weighted by atomic mass is 16.5. The maximum Gasteiger partial charge on any atom is 0.338 e. The number of amides is 1. The first-order chi connectivity index (χ1) is 14.2. The summed E-state index contributed by atoms with van der Waals surface area (Å²) in [6.45, 7) is 7.27. The van der Waals surface area contributed by atoms with Gasteiger partial charge in [0.1, 0.15) is 5.75 Å². The van der Waals surface area contributed by atoms with Gasteiger partial charge in [-0.05, 0) is 61.1 Å². The van der Waals surface area contributed by atoms with Crippen molar-refractivity contribution in [1.29, 1.82) is 0 Å². The third kappa shape index (κ3) is 7.70. The minimum absolute atomic E-state index is 0.0464. The van der Waals surface area contributed by atoms with Crippen LogP contribution in [0.5, 0.6) is 5.75 Å². The van der Waals surface area contributed by atoms with E-state index in [2.05, 4.69) is 19.2 Å². The van der Waals surface area contributed by atoms with Crippen molar-refractivity contribution in [1.82, 2.24) is 5.32 Å². The minimum Gasteiger partial charge on any atom is -0.452 e. The molecule has 0 spiro atoms. The van der Waals surface area contributed by atoms with Gasteiger partial charge in [0.05, 0.1) is 5.56 Å². The summed E-state index contributed by atoms with van der Waals surface area (Å²) >= 11 is 0. The zero-order valence-corrected chi connectivity index (χ0v) is 17.9. The fourth-order valence-electron chi connectivity index (χ4n) is 2.87. The van der Waals surface area contributed by atoms with E-state index in [4.69, 9.17) is 9.47 Å². The van der Waals surface area contributed by atoms with Gasteiger partial charge in [0.25, 0.3) is 5.91 Å². The summed E-state index contributed by atoms with van der Waals surface area (Å²) in [5.41, 5.74) is 2.19. The fourth-order valence-corrected chi connectivity index (χ4v) is 2.87. The van der Waals surface area contributed by atoms with E-state index in [-0.39, 0.29) is 24.5 Å². The quantitative estimate of drug-likeness (QED) is 0.489. The van der Waals surface area contributed by atoms with Crippen LogP contribution in [-0.4, -0.2) is 30.5 Å². The number of esters is 2. The van der Waals surface area contributed by atoms with Crippen molar-refractivity contribution < 1.29 is 23.9 Å². The van der Waals surface area contributed by atoms with Crippen LogP contribution in [0.4, 0.5) is 0 Å². The lowest BCUT2D eigenvalue weighted by molar-refractivity contribution is -0.131. The zero-order chi connectivity index (χ0) is 22.1. The Bertz CT molecular complexity index is 856. The topological polar surface area (TPSA) is 81.7 Å². The van der Waals surface area contributed by atoms with Crippen molar-refractivity contribution >= 4 is 17.8 Å². The Morgan fingerprint density at radius 1 is 0.867 bits per heavy atom. The van der Waals surface area contributed by atoms with E-state index in [9.17, 15) is 14.4 Å². The normalized spacial score (nSPS) is 11.6. The van der Waals surface area contributed by atoms with Gasteiger partial charge in [-0.2, -0.15) is 0 Å². The molecule has 0 aromatic heterocycles. The molecule has 0 aliphatic heterocycles. The predicted molar refractivity (Wildman–Crippen MR) is 115 cm³/mol. The average molecular weight is 411 g/mol. The van der Waals surface area contributed by atoms with Gasteiger partial charge >= 0.3 is 11.9 Å². The molecule has 1 atom stereocenters. The molecular formula is C24H29NO5. The molecule has 0 radical (unpaired) electrons. The van der Waals surface area contributed by atoms with Gasteiger partial charge in [0.2, 0.25) is 0 Å². The summed E-state index contributed by atoms with van der Waals surface area (Å²) in [7, 11) is 0. The van der Waals surface area contributed by atoms with Crippen LogP contribution in [-0.2, 0) is 14.3 Å². The second-order valence-electron chi connectivity index (χ2n) is 7.71. The Balaban J connectivity index is 1.86. The second kappa shape index (κ2) is 11.1. The monoisotopic (exact) mass is 411 g/mol. The molecule has 0 fully saturated rings. The Morgan fingerprint density at radius 2 is 1.43 bits per heavy atom. The molecule has 2 aromatic carbocycles. The van der Waals surface area contributed by atoms with Crippen molar-refractivity contribution in [2.45, 2.75) is 46.6 Å². The maximum atomic E-state index is 12.2. The fraction of sp³-hybridized carbons (Fsp3) is 0.375. The molecule has 0 saturated heterocycles. The largest absolute Gasteiger partial charge is 0.452 e. The highest BCUT2D eigenvalue weighted by Gasteiger charge is 2.13. The molecule has 0 aliphatic rings. The first-order valence-electron chi connectivity index (χ1n) is 10.1. The van der Waals surface area contributed by atoms with Gasteiger partial charge in [-0.1, -0.05) is 38.1 Å². The van der Waals surface area contributed by atoms with E-state index >= 15 is 0 Å². The standard InChI is InChI=1S/C24H29NO5/c1-16(2)5-6-17(3)25-23(27)15-29-24(28)21-9-7-19(8-10-21)20-11-13-22(14-12-20)30-18(4)26/h7-14,16-17H,5-6,15H2,1-4H3,(H,25,27)/t17-/m0/s1.